The van der Waals surface area contributed by atoms with Gasteiger partial charge in [-0.05, 0) is 37.6 Å². The first-order valence-corrected chi connectivity index (χ1v) is 7.09. The summed E-state index contributed by atoms with van der Waals surface area (Å²) in [7, 11) is 0. The minimum Gasteiger partial charge on any atom is -0.330 e. The summed E-state index contributed by atoms with van der Waals surface area (Å²) in [6, 6.07) is 2.86. The fourth-order valence-corrected chi connectivity index (χ4v) is 2.02. The van der Waals surface area contributed by atoms with E-state index in [1.54, 1.807) is 0 Å². The number of hydrogen-bond acceptors (Lipinski definition) is 2. The molecule has 0 spiro atoms. The van der Waals surface area contributed by atoms with Gasteiger partial charge in [0.25, 0.3) is 0 Å². The molecule has 0 saturated heterocycles. The standard InChI is InChI=1S/C14H18ClF3N2O/c15-11-9-10(14(16,17)18)6-7-12(11)20-13(21)5-3-1-2-4-8-19/h6-7,9H,1-5,8,19H2,(H,20,21). The summed E-state index contributed by atoms with van der Waals surface area (Å²) in [6.07, 6.45) is -0.649. The Balaban J connectivity index is 2.49. The lowest BCUT2D eigenvalue weighted by atomic mass is 10.1. The second-order valence-electron chi connectivity index (χ2n) is 4.69. The van der Waals surface area contributed by atoms with Gasteiger partial charge in [-0.25, -0.2) is 0 Å². The number of alkyl halides is 3. The van der Waals surface area contributed by atoms with Crippen molar-refractivity contribution in [3.8, 4) is 0 Å². The number of benzene rings is 1. The van der Waals surface area contributed by atoms with Crippen molar-refractivity contribution >= 4 is 23.2 Å². The Morgan fingerprint density at radius 3 is 2.43 bits per heavy atom. The van der Waals surface area contributed by atoms with E-state index >= 15 is 0 Å². The molecule has 0 aliphatic rings. The molecule has 7 heteroatoms. The van der Waals surface area contributed by atoms with Crippen LogP contribution in [0.3, 0.4) is 0 Å². The summed E-state index contributed by atoms with van der Waals surface area (Å²) >= 11 is 5.75. The van der Waals surface area contributed by atoms with E-state index in [0.717, 1.165) is 37.5 Å². The van der Waals surface area contributed by atoms with Crippen molar-refractivity contribution < 1.29 is 18.0 Å². The van der Waals surface area contributed by atoms with Gasteiger partial charge in [-0.2, -0.15) is 13.2 Å². The molecule has 1 aromatic carbocycles. The lowest BCUT2D eigenvalue weighted by Gasteiger charge is -2.11. The Hall–Kier alpha value is -1.27. The number of nitrogens with two attached hydrogens (primary N) is 1. The molecule has 0 unspecified atom stereocenters. The Morgan fingerprint density at radius 1 is 1.19 bits per heavy atom. The van der Waals surface area contributed by atoms with Crippen molar-refractivity contribution in [3.05, 3.63) is 28.8 Å². The molecule has 21 heavy (non-hydrogen) atoms. The third kappa shape index (κ3) is 6.35. The van der Waals surface area contributed by atoms with Crippen LogP contribution in [0.1, 0.15) is 37.7 Å². The van der Waals surface area contributed by atoms with E-state index in [2.05, 4.69) is 5.32 Å². The third-order valence-corrected chi connectivity index (χ3v) is 3.24. The van der Waals surface area contributed by atoms with Crippen LogP contribution in [-0.4, -0.2) is 12.5 Å². The quantitative estimate of drug-likeness (QED) is 0.739. The molecule has 0 aliphatic heterocycles. The molecule has 1 aromatic rings. The van der Waals surface area contributed by atoms with Crippen molar-refractivity contribution in [1.29, 1.82) is 0 Å². The Bertz CT molecular complexity index is 478. The molecule has 0 bridgehead atoms. The molecule has 0 saturated carbocycles. The molecule has 1 amide bonds. The van der Waals surface area contributed by atoms with Crippen LogP contribution >= 0.6 is 11.6 Å². The molecule has 0 radical (unpaired) electrons. The maximum atomic E-state index is 12.5. The lowest BCUT2D eigenvalue weighted by Crippen LogP contribution is -2.12. The lowest BCUT2D eigenvalue weighted by molar-refractivity contribution is -0.137. The van der Waals surface area contributed by atoms with Crippen molar-refractivity contribution in [2.45, 2.75) is 38.3 Å². The maximum absolute atomic E-state index is 12.5. The average molecular weight is 323 g/mol. The van der Waals surface area contributed by atoms with Crippen LogP contribution in [-0.2, 0) is 11.0 Å². The number of carbonyl (C=O) groups is 1. The van der Waals surface area contributed by atoms with Crippen molar-refractivity contribution in [2.75, 3.05) is 11.9 Å². The largest absolute Gasteiger partial charge is 0.416 e. The molecular weight excluding hydrogens is 305 g/mol. The fraction of sp³-hybridized carbons (Fsp3) is 0.500. The van der Waals surface area contributed by atoms with Gasteiger partial charge >= 0.3 is 6.18 Å². The molecule has 0 atom stereocenters. The minimum atomic E-state index is -4.45. The normalized spacial score (nSPS) is 11.5. The summed E-state index contributed by atoms with van der Waals surface area (Å²) in [4.78, 5) is 11.7. The highest BCUT2D eigenvalue weighted by atomic mass is 35.5. The van der Waals surface area contributed by atoms with Crippen molar-refractivity contribution in [3.63, 3.8) is 0 Å². The van der Waals surface area contributed by atoms with Crippen molar-refractivity contribution in [1.82, 2.24) is 0 Å². The molecule has 3 nitrogen and oxygen atoms in total. The molecular formula is C14H18ClF3N2O. The zero-order valence-electron chi connectivity index (χ0n) is 11.5. The molecule has 0 aromatic heterocycles. The number of halogens is 4. The second-order valence-corrected chi connectivity index (χ2v) is 5.10. The predicted molar refractivity (Wildman–Crippen MR) is 77.2 cm³/mol. The molecule has 0 fully saturated rings. The molecule has 118 valence electrons. The number of hydrogen-bond donors (Lipinski definition) is 2. The summed E-state index contributed by atoms with van der Waals surface area (Å²) in [5, 5.41) is 2.39. The Labute approximate surface area is 126 Å². The number of unbranched alkanes of at least 4 members (excludes halogenated alkanes) is 3. The fourth-order valence-electron chi connectivity index (χ4n) is 1.79. The smallest absolute Gasteiger partial charge is 0.330 e. The third-order valence-electron chi connectivity index (χ3n) is 2.93. The van der Waals surface area contributed by atoms with Crippen LogP contribution in [0.15, 0.2) is 18.2 Å². The first-order chi connectivity index (χ1) is 9.84. The zero-order valence-corrected chi connectivity index (χ0v) is 12.2. The van der Waals surface area contributed by atoms with Gasteiger partial charge in [0.2, 0.25) is 5.91 Å². The summed E-state index contributed by atoms with van der Waals surface area (Å²) < 4.78 is 37.4. The summed E-state index contributed by atoms with van der Waals surface area (Å²) in [6.45, 7) is 0.632. The highest BCUT2D eigenvalue weighted by Crippen LogP contribution is 2.33. The van der Waals surface area contributed by atoms with E-state index in [1.807, 2.05) is 0 Å². The van der Waals surface area contributed by atoms with Gasteiger partial charge in [-0.3, -0.25) is 4.79 Å². The summed E-state index contributed by atoms with van der Waals surface area (Å²) in [5.41, 5.74) is 4.71. The van der Waals surface area contributed by atoms with E-state index in [9.17, 15) is 18.0 Å². The van der Waals surface area contributed by atoms with E-state index in [4.69, 9.17) is 17.3 Å². The second kappa shape index (κ2) is 8.24. The van der Waals surface area contributed by atoms with Gasteiger partial charge in [0.15, 0.2) is 0 Å². The van der Waals surface area contributed by atoms with Crippen LogP contribution in [0.5, 0.6) is 0 Å². The topological polar surface area (TPSA) is 55.1 Å². The molecule has 0 aliphatic carbocycles. The van der Waals surface area contributed by atoms with E-state index in [1.165, 1.54) is 0 Å². The van der Waals surface area contributed by atoms with Crippen LogP contribution < -0.4 is 11.1 Å². The number of nitrogens with one attached hydrogen (secondary N) is 1. The predicted octanol–water partition coefficient (Wildman–Crippen LogP) is 4.21. The Morgan fingerprint density at radius 2 is 1.86 bits per heavy atom. The SMILES string of the molecule is NCCCCCCC(=O)Nc1ccc(C(F)(F)F)cc1Cl. The van der Waals surface area contributed by atoms with Crippen LogP contribution in [0.25, 0.3) is 0 Å². The van der Waals surface area contributed by atoms with Gasteiger partial charge in [-0.1, -0.05) is 24.4 Å². The van der Waals surface area contributed by atoms with Gasteiger partial charge in [0.1, 0.15) is 0 Å². The van der Waals surface area contributed by atoms with Gasteiger partial charge < -0.3 is 11.1 Å². The summed E-state index contributed by atoms with van der Waals surface area (Å²) in [5.74, 6) is -0.260. The van der Waals surface area contributed by atoms with Gasteiger partial charge in [0, 0.05) is 6.42 Å². The minimum absolute atomic E-state index is 0.124. The van der Waals surface area contributed by atoms with Crippen molar-refractivity contribution in [2.24, 2.45) is 5.73 Å². The highest BCUT2D eigenvalue weighted by Gasteiger charge is 2.30. The zero-order chi connectivity index (χ0) is 15.9. The molecule has 1 rings (SSSR count). The average Bonchev–Trinajstić information content (AvgIpc) is 2.39. The van der Waals surface area contributed by atoms with Crippen LogP contribution in [0.4, 0.5) is 18.9 Å². The van der Waals surface area contributed by atoms with Gasteiger partial charge in [-0.15, -0.1) is 0 Å². The first kappa shape index (κ1) is 17.8. The van der Waals surface area contributed by atoms with E-state index in [0.29, 0.717) is 19.4 Å². The highest BCUT2D eigenvalue weighted by molar-refractivity contribution is 6.33. The number of carbonyl (C=O) groups excluding carboxylic acids is 1. The van der Waals surface area contributed by atoms with E-state index < -0.39 is 11.7 Å². The maximum Gasteiger partial charge on any atom is 0.416 e. The molecule has 3 N–H and O–H groups in total. The number of anilines is 1. The van der Waals surface area contributed by atoms with Gasteiger partial charge in [0.05, 0.1) is 16.3 Å². The van der Waals surface area contributed by atoms with Crippen LogP contribution in [0, 0.1) is 0 Å². The first-order valence-electron chi connectivity index (χ1n) is 6.71. The number of amides is 1. The number of rotatable bonds is 7. The Kier molecular flexibility index (Phi) is 6.98. The van der Waals surface area contributed by atoms with Crippen LogP contribution in [0.2, 0.25) is 5.02 Å². The molecule has 0 heterocycles. The monoisotopic (exact) mass is 322 g/mol. The van der Waals surface area contributed by atoms with E-state index in [-0.39, 0.29) is 16.6 Å².